The number of urea groups is 1. The average Bonchev–Trinajstić information content (AvgIpc) is 3.27. The molecule has 5 N–H and O–H groups in total. The molecule has 11 heteroatoms. The van der Waals surface area contributed by atoms with Crippen LogP contribution in [0.5, 0.6) is 0 Å². The Morgan fingerprint density at radius 1 is 0.917 bits per heavy atom. The Hall–Kier alpha value is -5.06. The Bertz CT molecular complexity index is 1450. The number of nitrogens with two attached hydrogens (primary N) is 2. The molecule has 0 radical (unpaired) electrons. The van der Waals surface area contributed by atoms with Crippen molar-refractivity contribution in [3.63, 3.8) is 0 Å². The second kappa shape index (κ2) is 10.1. The van der Waals surface area contributed by atoms with Crippen molar-refractivity contribution in [1.29, 1.82) is 0 Å². The third-order valence-electron chi connectivity index (χ3n) is 5.14. The molecule has 0 fully saturated rings. The third kappa shape index (κ3) is 5.36. The van der Waals surface area contributed by atoms with E-state index in [2.05, 4.69) is 10.4 Å². The number of nitrogens with one attached hydrogen (secondary N) is 1. The number of ether oxygens (including phenoxy) is 1. The summed E-state index contributed by atoms with van der Waals surface area (Å²) < 4.78 is 34.1. The number of halogens is 2. The van der Waals surface area contributed by atoms with E-state index in [9.17, 15) is 23.2 Å². The third-order valence-corrected chi connectivity index (χ3v) is 5.14. The normalized spacial score (nSPS) is 10.6. The first-order valence-electron chi connectivity index (χ1n) is 10.5. The molecule has 0 aliphatic rings. The molecule has 0 saturated heterocycles. The van der Waals surface area contributed by atoms with E-state index in [1.54, 1.807) is 30.3 Å². The lowest BCUT2D eigenvalue weighted by atomic mass is 10.0. The minimum absolute atomic E-state index is 0.0584. The van der Waals surface area contributed by atoms with Crippen molar-refractivity contribution in [3.05, 3.63) is 101 Å². The zero-order valence-electron chi connectivity index (χ0n) is 18.6. The number of amides is 3. The Balaban J connectivity index is 1.49. The summed E-state index contributed by atoms with van der Waals surface area (Å²) in [6, 6.07) is 15.3. The number of aromatic nitrogens is 2. The van der Waals surface area contributed by atoms with E-state index in [0.717, 1.165) is 0 Å². The van der Waals surface area contributed by atoms with Crippen LogP contribution in [0.2, 0.25) is 0 Å². The first-order valence-corrected chi connectivity index (χ1v) is 10.5. The van der Waals surface area contributed by atoms with E-state index >= 15 is 0 Å². The summed E-state index contributed by atoms with van der Waals surface area (Å²) in [5, 5.41) is 6.35. The number of anilines is 1. The molecule has 1 aromatic heterocycles. The fraction of sp³-hybridized carbons (Fsp3) is 0.0400. The lowest BCUT2D eigenvalue weighted by Crippen LogP contribution is -2.22. The van der Waals surface area contributed by atoms with E-state index in [1.165, 1.54) is 47.3 Å². The summed E-state index contributed by atoms with van der Waals surface area (Å²) in [7, 11) is 0. The van der Waals surface area contributed by atoms with Gasteiger partial charge in [0.15, 0.2) is 5.69 Å². The van der Waals surface area contributed by atoms with Gasteiger partial charge in [-0.25, -0.2) is 23.1 Å². The maximum atomic E-state index is 14.7. The van der Waals surface area contributed by atoms with Gasteiger partial charge in [0, 0.05) is 0 Å². The predicted octanol–water partition coefficient (Wildman–Crippen LogP) is 3.76. The van der Waals surface area contributed by atoms with Crippen LogP contribution in [-0.4, -0.2) is 27.7 Å². The van der Waals surface area contributed by atoms with Gasteiger partial charge in [-0.2, -0.15) is 5.10 Å². The quantitative estimate of drug-likeness (QED) is 0.338. The topological polar surface area (TPSA) is 142 Å². The van der Waals surface area contributed by atoms with Crippen LogP contribution in [0.1, 0.15) is 26.4 Å². The van der Waals surface area contributed by atoms with Gasteiger partial charge in [0.05, 0.1) is 23.1 Å². The Kier molecular flexibility index (Phi) is 6.72. The summed E-state index contributed by atoms with van der Waals surface area (Å²) in [5.74, 6) is -2.87. The highest BCUT2D eigenvalue weighted by atomic mass is 19.1. The van der Waals surface area contributed by atoms with Crippen molar-refractivity contribution in [2.75, 3.05) is 5.32 Å². The second-order valence-corrected chi connectivity index (χ2v) is 7.63. The molecule has 3 amide bonds. The van der Waals surface area contributed by atoms with Crippen LogP contribution >= 0.6 is 0 Å². The summed E-state index contributed by atoms with van der Waals surface area (Å²) in [6.07, 6.45) is 1.38. The van der Waals surface area contributed by atoms with E-state index in [1.807, 2.05) is 0 Å². The summed E-state index contributed by atoms with van der Waals surface area (Å²) in [4.78, 5) is 35.0. The van der Waals surface area contributed by atoms with E-state index < -0.39 is 29.5 Å². The van der Waals surface area contributed by atoms with Crippen molar-refractivity contribution in [1.82, 2.24) is 9.78 Å². The molecule has 0 atom stereocenters. The smallest absolute Gasteiger partial charge is 0.341 e. The minimum atomic E-state index is -0.878. The maximum Gasteiger partial charge on any atom is 0.341 e. The molecule has 0 unspecified atom stereocenters. The van der Waals surface area contributed by atoms with Crippen LogP contribution in [0.15, 0.2) is 72.9 Å². The van der Waals surface area contributed by atoms with Crippen molar-refractivity contribution in [2.24, 2.45) is 11.5 Å². The first kappa shape index (κ1) is 24.1. The Morgan fingerprint density at radius 3 is 2.19 bits per heavy atom. The molecule has 4 aromatic rings. The van der Waals surface area contributed by atoms with Gasteiger partial charge in [-0.05, 0) is 53.1 Å². The lowest BCUT2D eigenvalue weighted by molar-refractivity contribution is 0.0467. The molecule has 182 valence electrons. The van der Waals surface area contributed by atoms with Gasteiger partial charge >= 0.3 is 12.0 Å². The average molecular weight is 491 g/mol. The number of rotatable bonds is 7. The summed E-state index contributed by atoms with van der Waals surface area (Å²) in [5.41, 5.74) is 12.3. The van der Waals surface area contributed by atoms with Crippen molar-refractivity contribution >= 4 is 23.6 Å². The highest BCUT2D eigenvalue weighted by Crippen LogP contribution is 2.25. The van der Waals surface area contributed by atoms with E-state index in [0.29, 0.717) is 22.4 Å². The highest BCUT2D eigenvalue weighted by Gasteiger charge is 2.17. The molecular formula is C25H19F2N5O4. The molecule has 0 saturated carbocycles. The van der Waals surface area contributed by atoms with E-state index in [4.69, 9.17) is 16.2 Å². The van der Waals surface area contributed by atoms with E-state index in [-0.39, 0.29) is 23.6 Å². The van der Waals surface area contributed by atoms with Crippen LogP contribution < -0.4 is 16.8 Å². The zero-order chi connectivity index (χ0) is 25.8. The lowest BCUT2D eigenvalue weighted by Gasteiger charge is -2.09. The molecule has 0 spiro atoms. The van der Waals surface area contributed by atoms with Crippen molar-refractivity contribution in [2.45, 2.75) is 6.61 Å². The second-order valence-electron chi connectivity index (χ2n) is 7.63. The van der Waals surface area contributed by atoms with Crippen LogP contribution in [0.4, 0.5) is 19.3 Å². The van der Waals surface area contributed by atoms with Crippen LogP contribution in [0, 0.1) is 11.6 Å². The monoisotopic (exact) mass is 491 g/mol. The molecule has 9 nitrogen and oxygen atoms in total. The number of hydrogen-bond donors (Lipinski definition) is 3. The molecule has 0 bridgehead atoms. The number of carbonyl (C=O) groups excluding carboxylic acids is 3. The van der Waals surface area contributed by atoms with Gasteiger partial charge in [0.25, 0.3) is 5.91 Å². The molecule has 0 aliphatic heterocycles. The Morgan fingerprint density at radius 2 is 1.58 bits per heavy atom. The SMILES string of the molecule is NC(=O)Nc1cn(-c2ccc(-c3ccc(C(=O)OCc4ccc(F)cc4)c(F)c3)cc2)nc1C(N)=O. The molecule has 4 rings (SSSR count). The van der Waals surface area contributed by atoms with Crippen LogP contribution in [0.3, 0.4) is 0 Å². The number of nitrogens with zero attached hydrogens (tertiary/aromatic N) is 2. The summed E-state index contributed by atoms with van der Waals surface area (Å²) >= 11 is 0. The van der Waals surface area contributed by atoms with Gasteiger partial charge in [-0.1, -0.05) is 30.3 Å². The number of carbonyl (C=O) groups is 3. The number of hydrogen-bond acceptors (Lipinski definition) is 5. The fourth-order valence-corrected chi connectivity index (χ4v) is 3.39. The van der Waals surface area contributed by atoms with Gasteiger partial charge in [-0.3, -0.25) is 4.79 Å². The van der Waals surface area contributed by atoms with Gasteiger partial charge in [0.2, 0.25) is 0 Å². The van der Waals surface area contributed by atoms with Gasteiger partial charge < -0.3 is 21.5 Å². The standard InChI is InChI=1S/C25H19F2N5O4/c26-17-6-1-14(2-7-17)13-36-24(34)19-10-5-16(11-20(19)27)15-3-8-18(9-4-15)32-12-21(30-25(29)35)22(31-32)23(28)33/h1-12H,13H2,(H2,28,33)(H3,29,30,35). The predicted molar refractivity (Wildman–Crippen MR) is 126 cm³/mol. The van der Waals surface area contributed by atoms with Gasteiger partial charge in [0.1, 0.15) is 18.2 Å². The summed E-state index contributed by atoms with van der Waals surface area (Å²) in [6.45, 7) is -0.122. The molecule has 1 heterocycles. The first-order chi connectivity index (χ1) is 17.2. The molecule has 36 heavy (non-hydrogen) atoms. The van der Waals surface area contributed by atoms with Gasteiger partial charge in [-0.15, -0.1) is 0 Å². The molecule has 3 aromatic carbocycles. The largest absolute Gasteiger partial charge is 0.457 e. The van der Waals surface area contributed by atoms with Crippen molar-refractivity contribution < 1.29 is 27.9 Å². The highest BCUT2D eigenvalue weighted by molar-refractivity contribution is 6.00. The minimum Gasteiger partial charge on any atom is -0.457 e. The number of primary amides is 2. The Labute approximate surface area is 203 Å². The van der Waals surface area contributed by atoms with Crippen LogP contribution in [0.25, 0.3) is 16.8 Å². The van der Waals surface area contributed by atoms with Crippen molar-refractivity contribution in [3.8, 4) is 16.8 Å². The fourth-order valence-electron chi connectivity index (χ4n) is 3.39. The van der Waals surface area contributed by atoms with Crippen LogP contribution in [-0.2, 0) is 11.3 Å². The number of esters is 1. The number of benzene rings is 3. The molecular weight excluding hydrogens is 472 g/mol. The maximum absolute atomic E-state index is 14.7. The zero-order valence-corrected chi connectivity index (χ0v) is 18.6. The molecule has 0 aliphatic carbocycles.